The Kier molecular flexibility index (Phi) is 6.86. The van der Waals surface area contributed by atoms with Gasteiger partial charge in [0, 0.05) is 10.0 Å². The second kappa shape index (κ2) is 8.67. The van der Waals surface area contributed by atoms with E-state index in [0.717, 1.165) is 4.47 Å². The molecule has 0 bridgehead atoms. The summed E-state index contributed by atoms with van der Waals surface area (Å²) in [4.78, 5) is 12.2. The van der Waals surface area contributed by atoms with Crippen LogP contribution in [0.25, 0.3) is 0 Å². The second-order valence-electron chi connectivity index (χ2n) is 4.61. The lowest BCUT2D eigenvalue weighted by Crippen LogP contribution is -2.34. The van der Waals surface area contributed by atoms with Crippen molar-refractivity contribution < 1.29 is 9.53 Å². The summed E-state index contributed by atoms with van der Waals surface area (Å²) in [5.41, 5.74) is 0.962. The lowest BCUT2D eigenvalue weighted by Gasteiger charge is -2.12. The number of ether oxygens (including phenoxy) is 1. The van der Waals surface area contributed by atoms with Crippen molar-refractivity contribution in [2.75, 3.05) is 11.9 Å². The number of benzene rings is 2. The van der Waals surface area contributed by atoms with Crippen molar-refractivity contribution in [2.24, 2.45) is 0 Å². The molecule has 0 aliphatic carbocycles. The van der Waals surface area contributed by atoms with E-state index >= 15 is 0 Å². The van der Waals surface area contributed by atoms with Crippen LogP contribution < -0.4 is 15.4 Å². The van der Waals surface area contributed by atoms with Gasteiger partial charge in [0.25, 0.3) is 5.91 Å². The molecule has 0 spiro atoms. The van der Waals surface area contributed by atoms with E-state index in [1.165, 1.54) is 6.07 Å². The third kappa shape index (κ3) is 5.08. The third-order valence-corrected chi connectivity index (χ3v) is 4.21. The Labute approximate surface area is 163 Å². The minimum Gasteiger partial charge on any atom is -0.492 e. The highest BCUT2D eigenvalue weighted by molar-refractivity contribution is 9.10. The van der Waals surface area contributed by atoms with Crippen LogP contribution in [-0.2, 0) is 0 Å². The zero-order valence-electron chi connectivity index (χ0n) is 12.5. The van der Waals surface area contributed by atoms with Crippen molar-refractivity contribution >= 4 is 68.1 Å². The van der Waals surface area contributed by atoms with Crippen LogP contribution in [0.1, 0.15) is 17.3 Å². The fourth-order valence-electron chi connectivity index (χ4n) is 1.83. The van der Waals surface area contributed by atoms with Crippen LogP contribution in [0.2, 0.25) is 10.0 Å². The van der Waals surface area contributed by atoms with Crippen LogP contribution in [0, 0.1) is 0 Å². The fourth-order valence-corrected chi connectivity index (χ4v) is 2.99. The topological polar surface area (TPSA) is 50.4 Å². The zero-order chi connectivity index (χ0) is 17.7. The first-order chi connectivity index (χ1) is 11.4. The number of rotatable bonds is 4. The van der Waals surface area contributed by atoms with E-state index in [9.17, 15) is 4.79 Å². The Morgan fingerprint density at radius 1 is 1.21 bits per heavy atom. The van der Waals surface area contributed by atoms with Crippen molar-refractivity contribution in [2.45, 2.75) is 6.92 Å². The molecule has 0 saturated heterocycles. The van der Waals surface area contributed by atoms with Crippen molar-refractivity contribution in [3.05, 3.63) is 56.5 Å². The Balaban J connectivity index is 2.03. The normalized spacial score (nSPS) is 10.2. The van der Waals surface area contributed by atoms with Gasteiger partial charge in [0.15, 0.2) is 5.11 Å². The molecule has 4 nitrogen and oxygen atoms in total. The molecule has 0 unspecified atom stereocenters. The predicted octanol–water partition coefficient (Wildman–Crippen LogP) is 5.28. The Morgan fingerprint density at radius 2 is 1.96 bits per heavy atom. The summed E-state index contributed by atoms with van der Waals surface area (Å²) in [7, 11) is 0. The van der Waals surface area contributed by atoms with Gasteiger partial charge in [-0.15, -0.1) is 0 Å². The summed E-state index contributed by atoms with van der Waals surface area (Å²) in [5, 5.41) is 6.42. The molecule has 126 valence electrons. The molecule has 2 aromatic rings. The molecule has 2 rings (SSSR count). The van der Waals surface area contributed by atoms with Gasteiger partial charge in [-0.1, -0.05) is 39.1 Å². The van der Waals surface area contributed by atoms with Crippen molar-refractivity contribution in [1.82, 2.24) is 5.32 Å². The van der Waals surface area contributed by atoms with Crippen LogP contribution in [0.4, 0.5) is 5.69 Å². The van der Waals surface area contributed by atoms with Crippen LogP contribution in [-0.4, -0.2) is 17.6 Å². The lowest BCUT2D eigenvalue weighted by molar-refractivity contribution is 0.0977. The van der Waals surface area contributed by atoms with Gasteiger partial charge in [-0.3, -0.25) is 10.1 Å². The van der Waals surface area contributed by atoms with Gasteiger partial charge in [-0.25, -0.2) is 0 Å². The molecule has 0 heterocycles. The van der Waals surface area contributed by atoms with E-state index in [-0.39, 0.29) is 11.0 Å². The monoisotopic (exact) mass is 446 g/mol. The van der Waals surface area contributed by atoms with E-state index < -0.39 is 0 Å². The number of carbonyl (C=O) groups excluding carboxylic acids is 1. The van der Waals surface area contributed by atoms with Gasteiger partial charge in [-0.2, -0.15) is 0 Å². The first-order valence-electron chi connectivity index (χ1n) is 6.90. The molecule has 0 aliphatic heterocycles. The lowest BCUT2D eigenvalue weighted by atomic mass is 10.2. The maximum atomic E-state index is 12.2. The molecule has 0 atom stereocenters. The molecule has 2 aromatic carbocycles. The fraction of sp³-hybridized carbons (Fsp3) is 0.125. The van der Waals surface area contributed by atoms with Crippen molar-refractivity contribution in [3.8, 4) is 5.75 Å². The van der Waals surface area contributed by atoms with Crippen LogP contribution in [0.3, 0.4) is 0 Å². The molecule has 0 fully saturated rings. The Bertz CT molecular complexity index is 787. The number of hydrogen-bond donors (Lipinski definition) is 2. The molecule has 2 N–H and O–H groups in total. The van der Waals surface area contributed by atoms with Crippen LogP contribution >= 0.6 is 51.3 Å². The number of thiocarbonyl (C=S) groups is 1. The summed E-state index contributed by atoms with van der Waals surface area (Å²) < 4.78 is 6.18. The van der Waals surface area contributed by atoms with Crippen molar-refractivity contribution in [3.63, 3.8) is 0 Å². The quantitative estimate of drug-likeness (QED) is 0.626. The number of anilines is 1. The van der Waals surface area contributed by atoms with E-state index in [1.807, 2.05) is 13.0 Å². The molecule has 0 saturated carbocycles. The number of halogens is 3. The number of nitrogens with one attached hydrogen (secondary N) is 2. The molecular formula is C16H13BrCl2N2O2S. The molecule has 0 radical (unpaired) electrons. The average Bonchev–Trinajstić information content (AvgIpc) is 2.52. The van der Waals surface area contributed by atoms with Gasteiger partial charge in [0.05, 0.1) is 22.3 Å². The van der Waals surface area contributed by atoms with Gasteiger partial charge in [0.2, 0.25) is 0 Å². The standard InChI is InChI=1S/C16H13BrCl2N2O2S/c1-2-23-14-6-3-9(7-12(14)19)15(22)21-16(24)20-13-5-4-10(17)8-11(13)18/h3-8H,2H2,1H3,(H2,20,21,22,24). The molecule has 1 amide bonds. The van der Waals surface area contributed by atoms with E-state index in [0.29, 0.717) is 33.7 Å². The minimum absolute atomic E-state index is 0.134. The van der Waals surface area contributed by atoms with E-state index in [2.05, 4.69) is 26.6 Å². The average molecular weight is 448 g/mol. The largest absolute Gasteiger partial charge is 0.492 e. The smallest absolute Gasteiger partial charge is 0.257 e. The third-order valence-electron chi connectivity index (χ3n) is 2.90. The maximum absolute atomic E-state index is 12.2. The van der Waals surface area contributed by atoms with Crippen LogP contribution in [0.5, 0.6) is 5.75 Å². The Hall–Kier alpha value is -1.34. The van der Waals surface area contributed by atoms with Gasteiger partial charge >= 0.3 is 0 Å². The summed E-state index contributed by atoms with van der Waals surface area (Å²) in [6.45, 7) is 2.35. The summed E-state index contributed by atoms with van der Waals surface area (Å²) in [6, 6.07) is 10.1. The molecule has 0 aliphatic rings. The summed E-state index contributed by atoms with van der Waals surface area (Å²) in [6.07, 6.45) is 0. The highest BCUT2D eigenvalue weighted by atomic mass is 79.9. The van der Waals surface area contributed by atoms with Crippen molar-refractivity contribution in [1.29, 1.82) is 0 Å². The van der Waals surface area contributed by atoms with E-state index in [1.54, 1.807) is 24.3 Å². The molecule has 8 heteroatoms. The number of carbonyl (C=O) groups is 1. The number of amides is 1. The highest BCUT2D eigenvalue weighted by Crippen LogP contribution is 2.26. The van der Waals surface area contributed by atoms with Gasteiger partial charge < -0.3 is 10.1 Å². The van der Waals surface area contributed by atoms with Crippen LogP contribution in [0.15, 0.2) is 40.9 Å². The predicted molar refractivity (Wildman–Crippen MR) is 105 cm³/mol. The Morgan fingerprint density at radius 3 is 2.58 bits per heavy atom. The summed E-state index contributed by atoms with van der Waals surface area (Å²) >= 11 is 20.6. The first kappa shape index (κ1) is 19.0. The molecular weight excluding hydrogens is 435 g/mol. The number of hydrogen-bond acceptors (Lipinski definition) is 3. The first-order valence-corrected chi connectivity index (χ1v) is 8.86. The van der Waals surface area contributed by atoms with Gasteiger partial charge in [0.1, 0.15) is 5.75 Å². The maximum Gasteiger partial charge on any atom is 0.257 e. The highest BCUT2D eigenvalue weighted by Gasteiger charge is 2.12. The zero-order valence-corrected chi connectivity index (χ0v) is 16.4. The second-order valence-corrected chi connectivity index (χ2v) is 6.75. The summed E-state index contributed by atoms with van der Waals surface area (Å²) in [5.74, 6) is 0.142. The SMILES string of the molecule is CCOc1ccc(C(=O)NC(=S)Nc2ccc(Br)cc2Cl)cc1Cl. The molecule has 24 heavy (non-hydrogen) atoms. The van der Waals surface area contributed by atoms with E-state index in [4.69, 9.17) is 40.2 Å². The molecule has 0 aromatic heterocycles. The van der Waals surface area contributed by atoms with Gasteiger partial charge in [-0.05, 0) is 55.5 Å². The minimum atomic E-state index is -0.384.